The normalized spacial score (nSPS) is 16.3. The molecule has 1 amide bonds. The van der Waals surface area contributed by atoms with E-state index in [1.807, 2.05) is 0 Å². The lowest BCUT2D eigenvalue weighted by Gasteiger charge is -2.17. The topological polar surface area (TPSA) is 90.3 Å². The zero-order chi connectivity index (χ0) is 13.2. The lowest BCUT2D eigenvalue weighted by molar-refractivity contribution is -0.116. The number of anilines is 1. The molecule has 0 atom stereocenters. The smallest absolute Gasteiger partial charge is 0.239 e. The molecule has 0 fully saturated rings. The Hall–Kier alpha value is -1.91. The highest BCUT2D eigenvalue weighted by atomic mass is 32.2. The fraction of sp³-hybridized carbons (Fsp3) is 0.273. The van der Waals surface area contributed by atoms with E-state index in [0.717, 1.165) is 4.31 Å². The van der Waals surface area contributed by atoms with Gasteiger partial charge in [0.05, 0.1) is 12.6 Å². The maximum Gasteiger partial charge on any atom is 0.239 e. The van der Waals surface area contributed by atoms with E-state index < -0.39 is 21.7 Å². The predicted octanol–water partition coefficient (Wildman–Crippen LogP) is 0.294. The first-order valence-electron chi connectivity index (χ1n) is 5.25. The van der Waals surface area contributed by atoms with E-state index in [1.165, 1.54) is 0 Å². The number of benzene rings is 1. The van der Waals surface area contributed by atoms with Crippen molar-refractivity contribution in [2.24, 2.45) is 0 Å². The number of nitrogens with zero attached hydrogens (tertiary/aromatic N) is 2. The van der Waals surface area contributed by atoms with E-state index in [1.54, 1.807) is 30.3 Å². The maximum atomic E-state index is 11.8. The summed E-state index contributed by atoms with van der Waals surface area (Å²) < 4.78 is 24.7. The largest absolute Gasteiger partial charge is 0.325 e. The number of nitrogens with one attached hydrogen (secondary N) is 1. The van der Waals surface area contributed by atoms with Gasteiger partial charge in [0.25, 0.3) is 0 Å². The summed E-state index contributed by atoms with van der Waals surface area (Å²) in [7, 11) is -3.72. The summed E-state index contributed by atoms with van der Waals surface area (Å²) in [4.78, 5) is 11.6. The first-order chi connectivity index (χ1) is 8.53. The summed E-state index contributed by atoms with van der Waals surface area (Å²) in [6, 6.07) is 8.60. The fourth-order valence-corrected chi connectivity index (χ4v) is 2.74. The van der Waals surface area contributed by atoms with Crippen molar-refractivity contribution in [2.45, 2.75) is 6.54 Å². The van der Waals surface area contributed by atoms with Crippen molar-refractivity contribution in [1.29, 1.82) is 5.26 Å². The standard InChI is InChI=1S/C11H11N3O3S/c12-5-6-18(16,17)14-7-9-3-1-2-4-10(9)13-11(15)8-14/h1-4H,6-8H2,(H,13,15). The lowest BCUT2D eigenvalue weighted by atomic mass is 10.2. The Morgan fingerprint density at radius 1 is 1.33 bits per heavy atom. The van der Waals surface area contributed by atoms with Gasteiger partial charge in [-0.15, -0.1) is 0 Å². The molecule has 94 valence electrons. The van der Waals surface area contributed by atoms with Crippen LogP contribution in [0, 0.1) is 11.3 Å². The predicted molar refractivity (Wildman–Crippen MR) is 64.9 cm³/mol. The quantitative estimate of drug-likeness (QED) is 0.832. The summed E-state index contributed by atoms with van der Waals surface area (Å²) in [6.07, 6.45) is 0. The third-order valence-electron chi connectivity index (χ3n) is 2.60. The molecule has 0 aromatic heterocycles. The van der Waals surface area contributed by atoms with E-state index in [2.05, 4.69) is 5.32 Å². The van der Waals surface area contributed by atoms with Crippen LogP contribution in [0.25, 0.3) is 0 Å². The molecule has 2 rings (SSSR count). The molecule has 0 bridgehead atoms. The Bertz CT molecular complexity index is 619. The number of para-hydroxylation sites is 1. The number of rotatable bonds is 2. The number of carbonyl (C=O) groups is 1. The van der Waals surface area contributed by atoms with Gasteiger partial charge in [0.2, 0.25) is 15.9 Å². The zero-order valence-electron chi connectivity index (χ0n) is 9.46. The molecule has 1 aliphatic rings. The molecule has 7 heteroatoms. The van der Waals surface area contributed by atoms with Gasteiger partial charge in [-0.05, 0) is 11.6 Å². The van der Waals surface area contributed by atoms with Gasteiger partial charge in [0.15, 0.2) is 5.75 Å². The van der Waals surface area contributed by atoms with Gasteiger partial charge in [0.1, 0.15) is 0 Å². The van der Waals surface area contributed by atoms with Gasteiger partial charge in [-0.2, -0.15) is 9.57 Å². The summed E-state index contributed by atoms with van der Waals surface area (Å²) in [5.74, 6) is -1.02. The minimum Gasteiger partial charge on any atom is -0.325 e. The summed E-state index contributed by atoms with van der Waals surface area (Å²) in [5.41, 5.74) is 1.32. The van der Waals surface area contributed by atoms with Crippen LogP contribution < -0.4 is 5.32 Å². The second-order valence-electron chi connectivity index (χ2n) is 3.89. The van der Waals surface area contributed by atoms with Crippen LogP contribution in [0.15, 0.2) is 24.3 Å². The number of nitriles is 1. The van der Waals surface area contributed by atoms with Gasteiger partial charge >= 0.3 is 0 Å². The Labute approximate surface area is 105 Å². The van der Waals surface area contributed by atoms with Crippen molar-refractivity contribution in [3.05, 3.63) is 29.8 Å². The van der Waals surface area contributed by atoms with Crippen molar-refractivity contribution >= 4 is 21.6 Å². The molecule has 1 aromatic rings. The third kappa shape index (κ3) is 2.50. The average Bonchev–Trinajstić information content (AvgIpc) is 2.47. The highest BCUT2D eigenvalue weighted by Crippen LogP contribution is 2.21. The molecule has 0 saturated heterocycles. The molecule has 1 heterocycles. The Balaban J connectivity index is 2.37. The first kappa shape index (κ1) is 12.5. The second kappa shape index (κ2) is 4.76. The highest BCUT2D eigenvalue weighted by Gasteiger charge is 2.28. The SMILES string of the molecule is N#CCS(=O)(=O)N1CC(=O)Nc2ccccc2C1. The van der Waals surface area contributed by atoms with Crippen molar-refractivity contribution in [3.8, 4) is 6.07 Å². The van der Waals surface area contributed by atoms with Crippen molar-refractivity contribution < 1.29 is 13.2 Å². The molecular weight excluding hydrogens is 254 g/mol. The molecule has 0 aliphatic carbocycles. The Morgan fingerprint density at radius 2 is 2.06 bits per heavy atom. The molecule has 0 spiro atoms. The van der Waals surface area contributed by atoms with Crippen molar-refractivity contribution in [1.82, 2.24) is 4.31 Å². The van der Waals surface area contributed by atoms with Crippen LogP contribution in [0.2, 0.25) is 0 Å². The Morgan fingerprint density at radius 3 is 2.78 bits per heavy atom. The van der Waals surface area contributed by atoms with E-state index in [4.69, 9.17) is 5.26 Å². The van der Waals surface area contributed by atoms with Crippen LogP contribution >= 0.6 is 0 Å². The summed E-state index contributed by atoms with van der Waals surface area (Å²) in [6.45, 7) is -0.169. The van der Waals surface area contributed by atoms with Crippen LogP contribution in [-0.4, -0.2) is 30.9 Å². The third-order valence-corrected chi connectivity index (χ3v) is 4.14. The molecule has 6 nitrogen and oxygen atoms in total. The highest BCUT2D eigenvalue weighted by molar-refractivity contribution is 7.89. The molecule has 1 aliphatic heterocycles. The number of fused-ring (bicyclic) bond motifs is 1. The minimum atomic E-state index is -3.72. The molecule has 0 unspecified atom stereocenters. The summed E-state index contributed by atoms with van der Waals surface area (Å²) in [5, 5.41) is 11.1. The molecule has 1 N–H and O–H groups in total. The maximum absolute atomic E-state index is 11.8. The van der Waals surface area contributed by atoms with E-state index >= 15 is 0 Å². The van der Waals surface area contributed by atoms with Crippen molar-refractivity contribution in [2.75, 3.05) is 17.6 Å². The number of amides is 1. The summed E-state index contributed by atoms with van der Waals surface area (Å²) >= 11 is 0. The zero-order valence-corrected chi connectivity index (χ0v) is 10.3. The van der Waals surface area contributed by atoms with Crippen LogP contribution in [0.4, 0.5) is 5.69 Å². The Kier molecular flexibility index (Phi) is 3.32. The second-order valence-corrected chi connectivity index (χ2v) is 5.86. The van der Waals surface area contributed by atoms with Gasteiger partial charge < -0.3 is 5.32 Å². The molecule has 18 heavy (non-hydrogen) atoms. The molecule has 1 aromatic carbocycles. The van der Waals surface area contributed by atoms with Crippen LogP contribution in [0.5, 0.6) is 0 Å². The van der Waals surface area contributed by atoms with E-state index in [9.17, 15) is 13.2 Å². The molecule has 0 radical (unpaired) electrons. The van der Waals surface area contributed by atoms with E-state index in [0.29, 0.717) is 11.3 Å². The number of hydrogen-bond donors (Lipinski definition) is 1. The minimum absolute atomic E-state index is 0.0962. The number of sulfonamides is 1. The number of carbonyl (C=O) groups excluding carboxylic acids is 1. The molecular formula is C11H11N3O3S. The lowest BCUT2D eigenvalue weighted by Crippen LogP contribution is -2.36. The fourth-order valence-electron chi connectivity index (χ4n) is 1.75. The van der Waals surface area contributed by atoms with E-state index in [-0.39, 0.29) is 13.1 Å². The van der Waals surface area contributed by atoms with Crippen LogP contribution in [0.1, 0.15) is 5.56 Å². The van der Waals surface area contributed by atoms with Crippen molar-refractivity contribution in [3.63, 3.8) is 0 Å². The van der Waals surface area contributed by atoms with Crippen LogP contribution in [-0.2, 0) is 21.4 Å². The van der Waals surface area contributed by atoms with Gasteiger partial charge in [-0.1, -0.05) is 18.2 Å². The van der Waals surface area contributed by atoms with Gasteiger partial charge in [0, 0.05) is 12.2 Å². The average molecular weight is 265 g/mol. The first-order valence-corrected chi connectivity index (χ1v) is 6.86. The number of hydrogen-bond acceptors (Lipinski definition) is 4. The van der Waals surface area contributed by atoms with Gasteiger partial charge in [-0.25, -0.2) is 8.42 Å². The van der Waals surface area contributed by atoms with Gasteiger partial charge in [-0.3, -0.25) is 4.79 Å². The monoisotopic (exact) mass is 265 g/mol. The molecule has 0 saturated carbocycles. The van der Waals surface area contributed by atoms with Crippen LogP contribution in [0.3, 0.4) is 0 Å².